The van der Waals surface area contributed by atoms with Crippen molar-refractivity contribution in [2.75, 3.05) is 6.54 Å². The van der Waals surface area contributed by atoms with Gasteiger partial charge < -0.3 is 5.32 Å². The van der Waals surface area contributed by atoms with Crippen LogP contribution in [-0.4, -0.2) is 27.2 Å². The van der Waals surface area contributed by atoms with E-state index < -0.39 is 0 Å². The van der Waals surface area contributed by atoms with E-state index in [1.54, 1.807) is 41.9 Å². The Hall–Kier alpha value is -2.80. The van der Waals surface area contributed by atoms with Crippen LogP contribution in [0.4, 0.5) is 0 Å². The highest BCUT2D eigenvalue weighted by Gasteiger charge is 2.06. The van der Waals surface area contributed by atoms with Crippen LogP contribution in [0.3, 0.4) is 0 Å². The highest BCUT2D eigenvalue weighted by atomic mass is 32.1. The summed E-state index contributed by atoms with van der Waals surface area (Å²) in [5, 5.41) is 9.06. The molecule has 3 rings (SSSR count). The molecule has 3 aromatic heterocycles. The normalized spacial score (nSPS) is 10.4. The molecule has 0 saturated heterocycles. The lowest BCUT2D eigenvalue weighted by Crippen LogP contribution is -2.31. The van der Waals surface area contributed by atoms with E-state index in [4.69, 9.17) is 0 Å². The predicted molar refractivity (Wildman–Crippen MR) is 88.4 cm³/mol. The smallest absolute Gasteiger partial charge is 0.266 e. The van der Waals surface area contributed by atoms with Gasteiger partial charge in [0, 0.05) is 30.6 Å². The summed E-state index contributed by atoms with van der Waals surface area (Å²) in [6.45, 7) is 0.636. The topological polar surface area (TPSA) is 76.9 Å². The van der Waals surface area contributed by atoms with E-state index in [1.165, 1.54) is 10.7 Å². The van der Waals surface area contributed by atoms with E-state index in [9.17, 15) is 9.59 Å². The Bertz CT molecular complexity index is 844. The minimum Gasteiger partial charge on any atom is -0.350 e. The molecule has 0 aliphatic rings. The van der Waals surface area contributed by atoms with Crippen molar-refractivity contribution in [1.29, 1.82) is 0 Å². The van der Waals surface area contributed by atoms with Gasteiger partial charge in [-0.25, -0.2) is 4.68 Å². The Labute approximate surface area is 136 Å². The SMILES string of the molecule is O=C(NCCn1nc(-c2cccs2)ccc1=O)c1ccncc1. The predicted octanol–water partition coefficient (Wildman–Crippen LogP) is 1.80. The molecule has 0 fully saturated rings. The Morgan fingerprint density at radius 2 is 2.00 bits per heavy atom. The molecule has 0 unspecified atom stereocenters. The quantitative estimate of drug-likeness (QED) is 0.775. The summed E-state index contributed by atoms with van der Waals surface area (Å²) in [5.74, 6) is -0.199. The lowest BCUT2D eigenvalue weighted by molar-refractivity contribution is 0.0951. The van der Waals surface area contributed by atoms with Crippen LogP contribution in [0.1, 0.15) is 10.4 Å². The molecule has 0 atom stereocenters. The average Bonchev–Trinajstić information content (AvgIpc) is 3.12. The van der Waals surface area contributed by atoms with Crippen LogP contribution in [-0.2, 0) is 6.54 Å². The van der Waals surface area contributed by atoms with Crippen molar-refractivity contribution in [2.45, 2.75) is 6.54 Å². The van der Waals surface area contributed by atoms with Gasteiger partial charge in [-0.3, -0.25) is 14.6 Å². The van der Waals surface area contributed by atoms with E-state index >= 15 is 0 Å². The van der Waals surface area contributed by atoms with E-state index in [0.29, 0.717) is 18.7 Å². The maximum absolute atomic E-state index is 11.9. The molecule has 0 aromatic carbocycles. The number of amides is 1. The van der Waals surface area contributed by atoms with Crippen molar-refractivity contribution in [2.24, 2.45) is 0 Å². The standard InChI is InChI=1S/C16H14N4O2S/c21-15-4-3-13(14-2-1-11-23-14)19-20(15)10-9-18-16(22)12-5-7-17-8-6-12/h1-8,11H,9-10H2,(H,18,22). The van der Waals surface area contributed by atoms with E-state index in [2.05, 4.69) is 15.4 Å². The summed E-state index contributed by atoms with van der Waals surface area (Å²) >= 11 is 1.56. The number of nitrogens with zero attached hydrogens (tertiary/aromatic N) is 3. The molecule has 23 heavy (non-hydrogen) atoms. The third-order valence-electron chi connectivity index (χ3n) is 3.19. The van der Waals surface area contributed by atoms with Crippen LogP contribution >= 0.6 is 11.3 Å². The van der Waals surface area contributed by atoms with Gasteiger partial charge in [-0.2, -0.15) is 5.10 Å². The van der Waals surface area contributed by atoms with Gasteiger partial charge in [0.1, 0.15) is 5.69 Å². The van der Waals surface area contributed by atoms with Crippen molar-refractivity contribution in [1.82, 2.24) is 20.1 Å². The molecule has 1 N–H and O–H groups in total. The Morgan fingerprint density at radius 3 is 2.74 bits per heavy atom. The van der Waals surface area contributed by atoms with E-state index in [1.807, 2.05) is 17.5 Å². The van der Waals surface area contributed by atoms with Crippen LogP contribution in [0, 0.1) is 0 Å². The maximum atomic E-state index is 11.9. The molecular weight excluding hydrogens is 312 g/mol. The Kier molecular flexibility index (Phi) is 4.58. The first kappa shape index (κ1) is 15.1. The molecule has 7 heteroatoms. The molecule has 0 aliphatic carbocycles. The molecule has 3 heterocycles. The molecule has 0 spiro atoms. The fourth-order valence-corrected chi connectivity index (χ4v) is 2.74. The fraction of sp³-hybridized carbons (Fsp3) is 0.125. The summed E-state index contributed by atoms with van der Waals surface area (Å²) in [6, 6.07) is 10.4. The molecule has 0 saturated carbocycles. The number of thiophene rings is 1. The monoisotopic (exact) mass is 326 g/mol. The number of hydrogen-bond donors (Lipinski definition) is 1. The first-order chi connectivity index (χ1) is 11.2. The number of carbonyl (C=O) groups is 1. The summed E-state index contributed by atoms with van der Waals surface area (Å²) < 4.78 is 1.36. The number of carbonyl (C=O) groups excluding carboxylic acids is 1. The zero-order valence-corrected chi connectivity index (χ0v) is 13.0. The zero-order chi connectivity index (χ0) is 16.1. The average molecular weight is 326 g/mol. The van der Waals surface area contributed by atoms with Gasteiger partial charge in [-0.15, -0.1) is 11.3 Å². The van der Waals surface area contributed by atoms with Gasteiger partial charge in [-0.05, 0) is 29.6 Å². The van der Waals surface area contributed by atoms with Gasteiger partial charge in [0.25, 0.3) is 11.5 Å². The minimum absolute atomic E-state index is 0.191. The zero-order valence-electron chi connectivity index (χ0n) is 12.2. The van der Waals surface area contributed by atoms with Crippen molar-refractivity contribution >= 4 is 17.2 Å². The first-order valence-electron chi connectivity index (χ1n) is 7.04. The molecule has 3 aromatic rings. The number of aromatic nitrogens is 3. The molecule has 6 nitrogen and oxygen atoms in total. The molecule has 1 amide bonds. The lowest BCUT2D eigenvalue weighted by atomic mass is 10.2. The summed E-state index contributed by atoms with van der Waals surface area (Å²) in [6.07, 6.45) is 3.12. The van der Waals surface area contributed by atoms with Crippen molar-refractivity contribution < 1.29 is 4.79 Å². The van der Waals surface area contributed by atoms with Gasteiger partial charge in [0.05, 0.1) is 11.4 Å². The number of hydrogen-bond acceptors (Lipinski definition) is 5. The fourth-order valence-electron chi connectivity index (χ4n) is 2.05. The second-order valence-electron chi connectivity index (χ2n) is 4.75. The second kappa shape index (κ2) is 6.97. The number of rotatable bonds is 5. The van der Waals surface area contributed by atoms with Gasteiger partial charge in [0.15, 0.2) is 0 Å². The second-order valence-corrected chi connectivity index (χ2v) is 5.70. The van der Waals surface area contributed by atoms with Gasteiger partial charge >= 0.3 is 0 Å². The maximum Gasteiger partial charge on any atom is 0.266 e. The first-order valence-corrected chi connectivity index (χ1v) is 7.92. The molecular formula is C16H14N4O2S. The van der Waals surface area contributed by atoms with E-state index in [-0.39, 0.29) is 11.5 Å². The molecule has 0 aliphatic heterocycles. The van der Waals surface area contributed by atoms with Gasteiger partial charge in [-0.1, -0.05) is 6.07 Å². The third kappa shape index (κ3) is 3.70. The van der Waals surface area contributed by atoms with Crippen LogP contribution in [0.5, 0.6) is 0 Å². The summed E-state index contributed by atoms with van der Waals surface area (Å²) in [7, 11) is 0. The van der Waals surface area contributed by atoms with Crippen LogP contribution < -0.4 is 10.9 Å². The van der Waals surface area contributed by atoms with Crippen LogP contribution in [0.15, 0.2) is 59.0 Å². The lowest BCUT2D eigenvalue weighted by Gasteiger charge is -2.08. The van der Waals surface area contributed by atoms with Crippen molar-refractivity contribution in [3.8, 4) is 10.6 Å². The Morgan fingerprint density at radius 1 is 1.17 bits per heavy atom. The Balaban J connectivity index is 1.65. The van der Waals surface area contributed by atoms with Gasteiger partial charge in [0.2, 0.25) is 0 Å². The van der Waals surface area contributed by atoms with Crippen molar-refractivity contribution in [3.05, 3.63) is 70.1 Å². The van der Waals surface area contributed by atoms with Crippen molar-refractivity contribution in [3.63, 3.8) is 0 Å². The number of nitrogens with one attached hydrogen (secondary N) is 1. The highest BCUT2D eigenvalue weighted by molar-refractivity contribution is 7.13. The molecule has 116 valence electrons. The molecule has 0 radical (unpaired) electrons. The molecule has 0 bridgehead atoms. The minimum atomic E-state index is -0.199. The number of pyridine rings is 1. The largest absolute Gasteiger partial charge is 0.350 e. The van der Waals surface area contributed by atoms with Crippen LogP contribution in [0.25, 0.3) is 10.6 Å². The van der Waals surface area contributed by atoms with Crippen LogP contribution in [0.2, 0.25) is 0 Å². The third-order valence-corrected chi connectivity index (χ3v) is 4.08. The summed E-state index contributed by atoms with van der Waals surface area (Å²) in [4.78, 5) is 28.7. The summed E-state index contributed by atoms with van der Waals surface area (Å²) in [5.41, 5.74) is 1.09. The van der Waals surface area contributed by atoms with E-state index in [0.717, 1.165) is 10.6 Å². The highest BCUT2D eigenvalue weighted by Crippen LogP contribution is 2.20.